The second kappa shape index (κ2) is 6.25. The summed E-state index contributed by atoms with van der Waals surface area (Å²) >= 11 is 1.73. The van der Waals surface area contributed by atoms with Crippen LogP contribution in [0.1, 0.15) is 47.3 Å². The molecule has 0 spiro atoms. The average Bonchev–Trinajstić information content (AvgIpc) is 2.53. The summed E-state index contributed by atoms with van der Waals surface area (Å²) in [6.45, 7) is 4.57. The lowest BCUT2D eigenvalue weighted by molar-refractivity contribution is 0.0697. The number of hydrogen-bond donors (Lipinski definition) is 1. The minimum atomic E-state index is -0.884. The molecule has 0 radical (unpaired) electrons. The monoisotopic (exact) mass is 324 g/mol. The lowest BCUT2D eigenvalue weighted by Crippen LogP contribution is -2.19. The lowest BCUT2D eigenvalue weighted by atomic mass is 9.75. The largest absolute Gasteiger partial charge is 0.478 e. The van der Waals surface area contributed by atoms with Crippen molar-refractivity contribution in [3.05, 3.63) is 70.8 Å². The summed E-state index contributed by atoms with van der Waals surface area (Å²) in [4.78, 5) is 12.0. The van der Waals surface area contributed by atoms with Crippen molar-refractivity contribution in [2.75, 3.05) is 0 Å². The number of thioether (sulfide) groups is 1. The van der Waals surface area contributed by atoms with Crippen LogP contribution in [0.5, 0.6) is 0 Å². The first-order valence-corrected chi connectivity index (χ1v) is 8.70. The lowest BCUT2D eigenvalue weighted by Gasteiger charge is -2.29. The first-order chi connectivity index (χ1) is 11.0. The van der Waals surface area contributed by atoms with Gasteiger partial charge in [-0.1, -0.05) is 44.2 Å². The van der Waals surface area contributed by atoms with Crippen LogP contribution in [0.15, 0.2) is 53.4 Å². The van der Waals surface area contributed by atoms with Gasteiger partial charge in [-0.15, -0.1) is 11.8 Å². The second-order valence-corrected chi connectivity index (χ2v) is 7.58. The third-order valence-corrected chi connectivity index (χ3v) is 5.36. The van der Waals surface area contributed by atoms with Gasteiger partial charge in [0.15, 0.2) is 0 Å². The Hall–Kier alpha value is -2.00. The maximum absolute atomic E-state index is 10.9. The van der Waals surface area contributed by atoms with Gasteiger partial charge in [0.05, 0.1) is 5.56 Å². The number of aromatic carboxylic acids is 1. The van der Waals surface area contributed by atoms with E-state index in [9.17, 15) is 4.79 Å². The van der Waals surface area contributed by atoms with E-state index in [1.54, 1.807) is 23.9 Å². The van der Waals surface area contributed by atoms with E-state index in [0.29, 0.717) is 5.56 Å². The topological polar surface area (TPSA) is 37.3 Å². The molecule has 2 aromatic rings. The minimum absolute atomic E-state index is 0.211. The summed E-state index contributed by atoms with van der Waals surface area (Å²) < 4.78 is 0. The highest BCUT2D eigenvalue weighted by molar-refractivity contribution is 7.98. The average molecular weight is 324 g/mol. The Labute approximate surface area is 141 Å². The molecule has 0 saturated heterocycles. The molecular formula is C20H20O2S. The smallest absolute Gasteiger partial charge is 0.335 e. The molecule has 0 saturated carbocycles. The zero-order chi connectivity index (χ0) is 16.4. The first kappa shape index (κ1) is 15.9. The number of carboxylic acids is 1. The Kier molecular flexibility index (Phi) is 4.31. The zero-order valence-corrected chi connectivity index (χ0v) is 14.2. The van der Waals surface area contributed by atoms with Crippen molar-refractivity contribution in [3.63, 3.8) is 0 Å². The predicted octanol–water partition coefficient (Wildman–Crippen LogP) is 5.37. The van der Waals surface area contributed by atoms with Gasteiger partial charge < -0.3 is 5.11 Å². The maximum atomic E-state index is 10.9. The van der Waals surface area contributed by atoms with Crippen molar-refractivity contribution in [2.45, 2.75) is 36.3 Å². The quantitative estimate of drug-likeness (QED) is 0.768. The molecule has 0 unspecified atom stereocenters. The number of allylic oxidation sites excluding steroid dienone is 1. The van der Waals surface area contributed by atoms with E-state index < -0.39 is 5.97 Å². The summed E-state index contributed by atoms with van der Waals surface area (Å²) in [6, 6.07) is 13.8. The summed E-state index contributed by atoms with van der Waals surface area (Å²) in [6.07, 6.45) is 5.56. The molecular weight excluding hydrogens is 304 g/mol. The molecule has 1 N–H and O–H groups in total. The number of carbonyl (C=O) groups is 1. The van der Waals surface area contributed by atoms with Crippen LogP contribution in [0.25, 0.3) is 6.08 Å². The third kappa shape index (κ3) is 3.50. The van der Waals surface area contributed by atoms with E-state index in [0.717, 1.165) is 17.1 Å². The molecule has 3 rings (SSSR count). The zero-order valence-electron chi connectivity index (χ0n) is 13.4. The highest BCUT2D eigenvalue weighted by Gasteiger charge is 2.24. The molecule has 0 amide bonds. The highest BCUT2D eigenvalue weighted by atomic mass is 32.2. The Bertz CT molecular complexity index is 758. The van der Waals surface area contributed by atoms with Gasteiger partial charge in [0.1, 0.15) is 0 Å². The molecule has 0 fully saturated rings. The van der Waals surface area contributed by atoms with Crippen LogP contribution in [0.4, 0.5) is 0 Å². The molecule has 0 aromatic heterocycles. The molecule has 23 heavy (non-hydrogen) atoms. The predicted molar refractivity (Wildman–Crippen MR) is 96.1 cm³/mol. The fourth-order valence-electron chi connectivity index (χ4n) is 2.91. The number of fused-ring (bicyclic) bond motifs is 1. The molecule has 1 aliphatic carbocycles. The van der Waals surface area contributed by atoms with E-state index in [-0.39, 0.29) is 5.41 Å². The van der Waals surface area contributed by atoms with Crippen molar-refractivity contribution < 1.29 is 9.90 Å². The van der Waals surface area contributed by atoms with Crippen molar-refractivity contribution in [1.29, 1.82) is 0 Å². The Balaban J connectivity index is 1.72. The van der Waals surface area contributed by atoms with Gasteiger partial charge in [0.25, 0.3) is 0 Å². The van der Waals surface area contributed by atoms with Gasteiger partial charge in [0, 0.05) is 10.6 Å². The van der Waals surface area contributed by atoms with E-state index in [4.69, 9.17) is 5.11 Å². The highest BCUT2D eigenvalue weighted by Crippen LogP contribution is 2.36. The molecule has 0 heterocycles. The van der Waals surface area contributed by atoms with Crippen molar-refractivity contribution in [1.82, 2.24) is 0 Å². The van der Waals surface area contributed by atoms with Gasteiger partial charge in [-0.05, 0) is 52.8 Å². The van der Waals surface area contributed by atoms with Gasteiger partial charge in [0.2, 0.25) is 0 Å². The normalized spacial score (nSPS) is 15.2. The van der Waals surface area contributed by atoms with Gasteiger partial charge in [-0.3, -0.25) is 0 Å². The molecule has 2 aromatic carbocycles. The van der Waals surface area contributed by atoms with Crippen LogP contribution in [0.2, 0.25) is 0 Å². The standard InChI is InChI=1S/C20H20O2S/c1-20(2)11-3-4-16-12-14(5-10-18(16)20)13-23-17-8-6-15(7-9-17)19(21)22/h3-10,12H,11,13H2,1-2H3,(H,21,22). The van der Waals surface area contributed by atoms with Gasteiger partial charge in [-0.2, -0.15) is 0 Å². The van der Waals surface area contributed by atoms with Crippen LogP contribution in [0, 0.1) is 0 Å². The summed E-state index contributed by atoms with van der Waals surface area (Å²) in [7, 11) is 0. The molecule has 0 bridgehead atoms. The molecule has 0 aliphatic heterocycles. The van der Waals surface area contributed by atoms with Gasteiger partial charge in [-0.25, -0.2) is 4.79 Å². The van der Waals surface area contributed by atoms with Crippen LogP contribution in [-0.2, 0) is 11.2 Å². The number of benzene rings is 2. The van der Waals surface area contributed by atoms with E-state index in [1.807, 2.05) is 12.1 Å². The summed E-state index contributed by atoms with van der Waals surface area (Å²) in [5.74, 6) is -0.000764. The third-order valence-electron chi connectivity index (χ3n) is 4.28. The fraction of sp³-hybridized carbons (Fsp3) is 0.250. The fourth-order valence-corrected chi connectivity index (χ4v) is 3.75. The van der Waals surface area contributed by atoms with Crippen molar-refractivity contribution in [2.24, 2.45) is 0 Å². The van der Waals surface area contributed by atoms with E-state index in [2.05, 4.69) is 44.2 Å². The SMILES string of the molecule is CC1(C)CC=Cc2cc(CSc3ccc(C(=O)O)cc3)ccc21. The van der Waals surface area contributed by atoms with Gasteiger partial charge >= 0.3 is 5.97 Å². The molecule has 1 aliphatic rings. The first-order valence-electron chi connectivity index (χ1n) is 7.72. The van der Waals surface area contributed by atoms with E-state index >= 15 is 0 Å². The number of carboxylic acid groups (broad SMARTS) is 1. The van der Waals surface area contributed by atoms with E-state index in [1.165, 1.54) is 16.7 Å². The molecule has 0 atom stereocenters. The molecule has 118 valence electrons. The molecule has 2 nitrogen and oxygen atoms in total. The number of rotatable bonds is 4. The van der Waals surface area contributed by atoms with Crippen LogP contribution in [-0.4, -0.2) is 11.1 Å². The maximum Gasteiger partial charge on any atom is 0.335 e. The van der Waals surface area contributed by atoms with Crippen molar-refractivity contribution >= 4 is 23.8 Å². The summed E-state index contributed by atoms with van der Waals surface area (Å²) in [5.41, 5.74) is 4.57. The summed E-state index contributed by atoms with van der Waals surface area (Å²) in [5, 5.41) is 8.93. The molecule has 3 heteroatoms. The van der Waals surface area contributed by atoms with Crippen LogP contribution in [0.3, 0.4) is 0 Å². The second-order valence-electron chi connectivity index (χ2n) is 6.53. The Morgan fingerprint density at radius 2 is 1.91 bits per heavy atom. The van der Waals surface area contributed by atoms with Crippen LogP contribution < -0.4 is 0 Å². The van der Waals surface area contributed by atoms with Crippen molar-refractivity contribution in [3.8, 4) is 0 Å². The Morgan fingerprint density at radius 1 is 1.17 bits per heavy atom. The number of hydrogen-bond acceptors (Lipinski definition) is 2. The minimum Gasteiger partial charge on any atom is -0.478 e. The Morgan fingerprint density at radius 3 is 2.61 bits per heavy atom. The van der Waals surface area contributed by atoms with Crippen LogP contribution >= 0.6 is 11.8 Å².